The second-order valence-corrected chi connectivity index (χ2v) is 6.12. The van der Waals surface area contributed by atoms with Crippen molar-refractivity contribution < 1.29 is 9.09 Å². The van der Waals surface area contributed by atoms with Gasteiger partial charge in [0.1, 0.15) is 5.75 Å². The van der Waals surface area contributed by atoms with Crippen LogP contribution >= 0.6 is 18.0 Å². The molecule has 2 nitrogen and oxygen atoms in total. The maximum atomic E-state index is 11.1. The SMILES string of the molecule is Cc1ccccc1OP(C)(=O)Cl. The topological polar surface area (TPSA) is 26.3 Å². The lowest BCUT2D eigenvalue weighted by atomic mass is 10.2. The maximum Gasteiger partial charge on any atom is 0.333 e. The van der Waals surface area contributed by atoms with Crippen molar-refractivity contribution in [3.8, 4) is 5.75 Å². The minimum atomic E-state index is -2.94. The molecule has 66 valence electrons. The molecule has 0 heterocycles. The zero-order valence-electron chi connectivity index (χ0n) is 6.95. The highest BCUT2D eigenvalue weighted by molar-refractivity contribution is 7.85. The third-order valence-electron chi connectivity index (χ3n) is 1.36. The summed E-state index contributed by atoms with van der Waals surface area (Å²) in [7, 11) is 0. The molecule has 0 saturated carbocycles. The molecule has 0 fully saturated rings. The first-order valence-corrected chi connectivity index (χ1v) is 6.49. The summed E-state index contributed by atoms with van der Waals surface area (Å²) >= 11 is 5.47. The molecule has 0 radical (unpaired) electrons. The van der Waals surface area contributed by atoms with Crippen LogP contribution in [-0.4, -0.2) is 6.66 Å². The van der Waals surface area contributed by atoms with Crippen LogP contribution in [0.25, 0.3) is 0 Å². The number of hydrogen-bond donors (Lipinski definition) is 0. The van der Waals surface area contributed by atoms with E-state index in [0.717, 1.165) is 5.56 Å². The lowest BCUT2D eigenvalue weighted by Crippen LogP contribution is -1.87. The number of benzene rings is 1. The third-order valence-corrected chi connectivity index (χ3v) is 2.08. The lowest BCUT2D eigenvalue weighted by molar-refractivity contribution is 0.502. The Bertz CT molecular complexity index is 319. The van der Waals surface area contributed by atoms with Gasteiger partial charge in [0.05, 0.1) is 0 Å². The fraction of sp³-hybridized carbons (Fsp3) is 0.250. The molecule has 0 aliphatic carbocycles. The number of halogens is 1. The fourth-order valence-electron chi connectivity index (χ4n) is 0.835. The molecule has 0 aliphatic rings. The Labute approximate surface area is 76.7 Å². The van der Waals surface area contributed by atoms with E-state index in [9.17, 15) is 4.57 Å². The summed E-state index contributed by atoms with van der Waals surface area (Å²) in [5.41, 5.74) is 0.931. The maximum absolute atomic E-state index is 11.1. The second kappa shape index (κ2) is 3.51. The summed E-state index contributed by atoms with van der Waals surface area (Å²) < 4.78 is 16.1. The zero-order valence-corrected chi connectivity index (χ0v) is 8.60. The largest absolute Gasteiger partial charge is 0.433 e. The highest BCUT2D eigenvalue weighted by atomic mass is 35.7. The predicted octanol–water partition coefficient (Wildman–Crippen LogP) is 3.44. The van der Waals surface area contributed by atoms with E-state index in [0.29, 0.717) is 5.75 Å². The summed E-state index contributed by atoms with van der Waals surface area (Å²) in [6.45, 7) is 0.311. The van der Waals surface area contributed by atoms with Crippen LogP contribution < -0.4 is 4.52 Å². The average Bonchev–Trinajstić information content (AvgIpc) is 1.91. The van der Waals surface area contributed by atoms with Crippen LogP contribution in [0, 0.1) is 6.92 Å². The van der Waals surface area contributed by atoms with Crippen molar-refractivity contribution in [2.45, 2.75) is 6.92 Å². The molecule has 1 aromatic carbocycles. The van der Waals surface area contributed by atoms with E-state index < -0.39 is 6.72 Å². The van der Waals surface area contributed by atoms with Gasteiger partial charge in [-0.05, 0) is 29.8 Å². The minimum absolute atomic E-state index is 0.582. The van der Waals surface area contributed by atoms with E-state index in [1.165, 1.54) is 6.66 Å². The summed E-state index contributed by atoms with van der Waals surface area (Å²) in [6, 6.07) is 7.32. The van der Waals surface area contributed by atoms with E-state index >= 15 is 0 Å². The summed E-state index contributed by atoms with van der Waals surface area (Å²) in [5.74, 6) is 0.582. The van der Waals surface area contributed by atoms with Crippen LogP contribution in [0.5, 0.6) is 5.75 Å². The molecule has 0 amide bonds. The van der Waals surface area contributed by atoms with E-state index in [1.54, 1.807) is 6.07 Å². The minimum Gasteiger partial charge on any atom is -0.433 e. The number of rotatable bonds is 2. The van der Waals surface area contributed by atoms with Gasteiger partial charge in [-0.2, -0.15) is 0 Å². The Morgan fingerprint density at radius 3 is 2.50 bits per heavy atom. The molecule has 0 N–H and O–H groups in total. The Balaban J connectivity index is 2.90. The summed E-state index contributed by atoms with van der Waals surface area (Å²) in [5, 5.41) is 0. The Morgan fingerprint density at radius 2 is 2.00 bits per heavy atom. The zero-order chi connectivity index (χ0) is 9.19. The Hall–Kier alpha value is -0.460. The van der Waals surface area contributed by atoms with Crippen molar-refractivity contribution in [2.24, 2.45) is 0 Å². The molecular formula is C8H10ClO2P. The molecule has 1 aromatic rings. The van der Waals surface area contributed by atoms with Crippen molar-refractivity contribution >= 4 is 18.0 Å². The molecule has 0 aliphatic heterocycles. The Morgan fingerprint density at radius 1 is 1.42 bits per heavy atom. The molecule has 12 heavy (non-hydrogen) atoms. The van der Waals surface area contributed by atoms with Crippen LogP contribution in [-0.2, 0) is 4.57 Å². The normalized spacial score (nSPS) is 15.2. The molecule has 0 bridgehead atoms. The predicted molar refractivity (Wildman–Crippen MR) is 51.2 cm³/mol. The van der Waals surface area contributed by atoms with E-state index in [2.05, 4.69) is 0 Å². The van der Waals surface area contributed by atoms with Crippen LogP contribution in [0.4, 0.5) is 0 Å². The number of para-hydroxylation sites is 1. The molecular weight excluding hydrogens is 195 g/mol. The van der Waals surface area contributed by atoms with E-state index in [1.807, 2.05) is 25.1 Å². The molecule has 1 atom stereocenters. The molecule has 0 spiro atoms. The molecule has 0 aromatic heterocycles. The van der Waals surface area contributed by atoms with Gasteiger partial charge in [0, 0.05) is 6.66 Å². The average molecular weight is 205 g/mol. The molecule has 1 unspecified atom stereocenters. The van der Waals surface area contributed by atoms with Gasteiger partial charge < -0.3 is 4.52 Å². The molecule has 0 saturated heterocycles. The van der Waals surface area contributed by atoms with Crippen molar-refractivity contribution in [1.29, 1.82) is 0 Å². The highest BCUT2D eigenvalue weighted by Crippen LogP contribution is 2.48. The monoisotopic (exact) mass is 204 g/mol. The van der Waals surface area contributed by atoms with Gasteiger partial charge in [0.25, 0.3) is 0 Å². The van der Waals surface area contributed by atoms with Gasteiger partial charge in [0.2, 0.25) is 0 Å². The summed E-state index contributed by atoms with van der Waals surface area (Å²) in [4.78, 5) is 0. The summed E-state index contributed by atoms with van der Waals surface area (Å²) in [6.07, 6.45) is 0. The van der Waals surface area contributed by atoms with Crippen molar-refractivity contribution in [3.63, 3.8) is 0 Å². The second-order valence-electron chi connectivity index (χ2n) is 2.60. The smallest absolute Gasteiger partial charge is 0.333 e. The highest BCUT2D eigenvalue weighted by Gasteiger charge is 2.12. The quantitative estimate of drug-likeness (QED) is 0.690. The lowest BCUT2D eigenvalue weighted by Gasteiger charge is -2.09. The standard InChI is InChI=1S/C8H10ClO2P/c1-7-5-3-4-6-8(7)11-12(2,9)10/h3-6H,1-2H3. The van der Waals surface area contributed by atoms with Gasteiger partial charge in [-0.25, -0.2) is 0 Å². The van der Waals surface area contributed by atoms with Crippen LogP contribution in [0.1, 0.15) is 5.56 Å². The first kappa shape index (κ1) is 9.63. The third kappa shape index (κ3) is 2.88. The van der Waals surface area contributed by atoms with Gasteiger partial charge in [0.15, 0.2) is 0 Å². The first-order chi connectivity index (χ1) is 5.49. The van der Waals surface area contributed by atoms with Crippen molar-refractivity contribution in [2.75, 3.05) is 6.66 Å². The fourth-order valence-corrected chi connectivity index (χ4v) is 1.61. The van der Waals surface area contributed by atoms with E-state index in [4.69, 9.17) is 15.8 Å². The molecule has 1 rings (SSSR count). The number of hydrogen-bond acceptors (Lipinski definition) is 2. The molecule has 4 heteroatoms. The van der Waals surface area contributed by atoms with E-state index in [-0.39, 0.29) is 0 Å². The van der Waals surface area contributed by atoms with Crippen LogP contribution in [0.2, 0.25) is 0 Å². The van der Waals surface area contributed by atoms with Gasteiger partial charge in [-0.3, -0.25) is 4.57 Å². The van der Waals surface area contributed by atoms with Crippen molar-refractivity contribution in [1.82, 2.24) is 0 Å². The van der Waals surface area contributed by atoms with Crippen LogP contribution in [0.3, 0.4) is 0 Å². The van der Waals surface area contributed by atoms with Crippen molar-refractivity contribution in [3.05, 3.63) is 29.8 Å². The number of aryl methyl sites for hydroxylation is 1. The van der Waals surface area contributed by atoms with Gasteiger partial charge in [-0.1, -0.05) is 18.2 Å². The first-order valence-electron chi connectivity index (χ1n) is 3.51. The van der Waals surface area contributed by atoms with Crippen LogP contribution in [0.15, 0.2) is 24.3 Å². The van der Waals surface area contributed by atoms with Gasteiger partial charge >= 0.3 is 6.72 Å². The van der Waals surface area contributed by atoms with Gasteiger partial charge in [-0.15, -0.1) is 0 Å². The Kier molecular flexibility index (Phi) is 2.81.